The Morgan fingerprint density at radius 2 is 1.92 bits per heavy atom. The lowest BCUT2D eigenvalue weighted by molar-refractivity contribution is -0.150. The van der Waals surface area contributed by atoms with Crippen LogP contribution in [-0.2, 0) is 14.3 Å². The maximum Gasteiger partial charge on any atom is 0.329 e. The summed E-state index contributed by atoms with van der Waals surface area (Å²) in [5.74, 6) is -0.117. The Morgan fingerprint density at radius 3 is 2.50 bits per heavy atom. The molecular weight excluding hydrogens is 426 g/mol. The number of rotatable bonds is 6. The number of carbonyl (C=O) groups is 3. The summed E-state index contributed by atoms with van der Waals surface area (Å²) in [5.41, 5.74) is 0.592. The molecule has 0 spiro atoms. The van der Waals surface area contributed by atoms with E-state index in [1.807, 2.05) is 0 Å². The molecule has 0 aromatic heterocycles. The highest BCUT2D eigenvalue weighted by Crippen LogP contribution is 2.38. The summed E-state index contributed by atoms with van der Waals surface area (Å²) >= 11 is 4.14. The molecule has 1 aromatic rings. The molecule has 2 rings (SSSR count). The van der Waals surface area contributed by atoms with Gasteiger partial charge in [-0.1, -0.05) is 0 Å². The van der Waals surface area contributed by atoms with Gasteiger partial charge in [-0.3, -0.25) is 14.5 Å². The minimum atomic E-state index is -0.988. The molecule has 9 heteroatoms. The highest BCUT2D eigenvalue weighted by atomic mass is 79.9. The molecule has 7 nitrogen and oxygen atoms in total. The Bertz CT molecular complexity index is 779. The third-order valence-corrected chi connectivity index (χ3v) is 5.13. The standard InChI is InChI=1S/C17H18BrNO6S/c1-5-25-16(21)9(2)19-15(20)14(26-17(19)22)7-10-6-11(18)13(24-4)8-12(10)23-3/h6-9H,5H2,1-4H3. The van der Waals surface area contributed by atoms with E-state index in [1.165, 1.54) is 21.1 Å². The van der Waals surface area contributed by atoms with Crippen molar-refractivity contribution in [3.05, 3.63) is 27.1 Å². The number of thioether (sulfide) groups is 1. The van der Waals surface area contributed by atoms with Crippen LogP contribution in [0.25, 0.3) is 6.08 Å². The van der Waals surface area contributed by atoms with E-state index in [0.717, 1.165) is 16.7 Å². The average molecular weight is 444 g/mol. The number of amides is 2. The molecule has 1 unspecified atom stereocenters. The molecule has 1 heterocycles. The molecule has 1 aliphatic rings. The fourth-order valence-corrected chi connectivity index (χ4v) is 3.74. The molecule has 0 bridgehead atoms. The molecule has 2 amide bonds. The summed E-state index contributed by atoms with van der Waals surface area (Å²) in [6.07, 6.45) is 1.55. The van der Waals surface area contributed by atoms with E-state index in [2.05, 4.69) is 15.9 Å². The largest absolute Gasteiger partial charge is 0.496 e. The number of benzene rings is 1. The fourth-order valence-electron chi connectivity index (χ4n) is 2.32. The lowest BCUT2D eigenvalue weighted by Gasteiger charge is -2.19. The average Bonchev–Trinajstić information content (AvgIpc) is 2.88. The zero-order valence-corrected chi connectivity index (χ0v) is 17.1. The third kappa shape index (κ3) is 4.04. The van der Waals surface area contributed by atoms with Gasteiger partial charge in [-0.15, -0.1) is 0 Å². The smallest absolute Gasteiger partial charge is 0.329 e. The lowest BCUT2D eigenvalue weighted by Crippen LogP contribution is -2.42. The first kappa shape index (κ1) is 20.3. The van der Waals surface area contributed by atoms with Crippen molar-refractivity contribution in [3.63, 3.8) is 0 Å². The van der Waals surface area contributed by atoms with Crippen LogP contribution in [0, 0.1) is 0 Å². The summed E-state index contributed by atoms with van der Waals surface area (Å²) in [6.45, 7) is 3.29. The number of esters is 1. The Morgan fingerprint density at radius 1 is 1.27 bits per heavy atom. The van der Waals surface area contributed by atoms with Gasteiger partial charge >= 0.3 is 5.97 Å². The summed E-state index contributed by atoms with van der Waals surface area (Å²) in [6, 6.07) is 2.40. The number of imide groups is 1. The molecule has 1 saturated heterocycles. The van der Waals surface area contributed by atoms with Crippen molar-refractivity contribution >= 4 is 50.9 Å². The van der Waals surface area contributed by atoms with Gasteiger partial charge in [0.1, 0.15) is 17.5 Å². The molecule has 0 saturated carbocycles. The van der Waals surface area contributed by atoms with Crippen molar-refractivity contribution in [1.82, 2.24) is 4.90 Å². The minimum Gasteiger partial charge on any atom is -0.496 e. The molecule has 26 heavy (non-hydrogen) atoms. The summed E-state index contributed by atoms with van der Waals surface area (Å²) < 4.78 is 16.1. The van der Waals surface area contributed by atoms with Crippen LogP contribution >= 0.6 is 27.7 Å². The summed E-state index contributed by atoms with van der Waals surface area (Å²) in [7, 11) is 3.02. The number of nitrogens with zero attached hydrogens (tertiary/aromatic N) is 1. The van der Waals surface area contributed by atoms with Crippen molar-refractivity contribution in [2.75, 3.05) is 20.8 Å². The monoisotopic (exact) mass is 443 g/mol. The normalized spacial score (nSPS) is 16.8. The second-order valence-electron chi connectivity index (χ2n) is 5.21. The van der Waals surface area contributed by atoms with E-state index >= 15 is 0 Å². The van der Waals surface area contributed by atoms with Crippen LogP contribution in [0.2, 0.25) is 0 Å². The third-order valence-electron chi connectivity index (χ3n) is 3.63. The van der Waals surface area contributed by atoms with Crippen LogP contribution in [0.1, 0.15) is 19.4 Å². The number of methoxy groups -OCH3 is 2. The topological polar surface area (TPSA) is 82.1 Å². The second-order valence-corrected chi connectivity index (χ2v) is 7.06. The van der Waals surface area contributed by atoms with E-state index in [9.17, 15) is 14.4 Å². The van der Waals surface area contributed by atoms with Gasteiger partial charge in [0.2, 0.25) is 0 Å². The van der Waals surface area contributed by atoms with Crippen LogP contribution in [0.4, 0.5) is 4.79 Å². The quantitative estimate of drug-likeness (QED) is 0.491. The zero-order valence-electron chi connectivity index (χ0n) is 14.7. The van der Waals surface area contributed by atoms with E-state index in [1.54, 1.807) is 25.1 Å². The number of hydrogen-bond donors (Lipinski definition) is 0. The highest BCUT2D eigenvalue weighted by Gasteiger charge is 2.41. The van der Waals surface area contributed by atoms with Gasteiger partial charge < -0.3 is 14.2 Å². The van der Waals surface area contributed by atoms with Gasteiger partial charge in [0.05, 0.1) is 30.2 Å². The Kier molecular flexibility index (Phi) is 6.71. The molecule has 140 valence electrons. The first-order valence-corrected chi connectivity index (χ1v) is 9.30. The molecule has 0 aliphatic carbocycles. The maximum absolute atomic E-state index is 12.6. The fraction of sp³-hybridized carbons (Fsp3) is 0.353. The Hall–Kier alpha value is -2.00. The van der Waals surface area contributed by atoms with E-state index < -0.39 is 23.2 Å². The van der Waals surface area contributed by atoms with Gasteiger partial charge in [-0.2, -0.15) is 0 Å². The van der Waals surface area contributed by atoms with Gasteiger partial charge in [-0.25, -0.2) is 4.79 Å². The van der Waals surface area contributed by atoms with E-state index in [4.69, 9.17) is 14.2 Å². The lowest BCUT2D eigenvalue weighted by atomic mass is 10.1. The number of halogens is 1. The zero-order chi connectivity index (χ0) is 19.4. The molecule has 0 N–H and O–H groups in total. The van der Waals surface area contributed by atoms with Gasteiger partial charge in [0.15, 0.2) is 0 Å². The summed E-state index contributed by atoms with van der Waals surface area (Å²) in [5, 5.41) is -0.520. The van der Waals surface area contributed by atoms with Crippen LogP contribution in [0.15, 0.2) is 21.5 Å². The number of ether oxygens (including phenoxy) is 3. The van der Waals surface area contributed by atoms with Crippen LogP contribution in [0.3, 0.4) is 0 Å². The molecule has 0 radical (unpaired) electrons. The SMILES string of the molecule is CCOC(=O)C(C)N1C(=O)SC(=Cc2cc(Br)c(OC)cc2OC)C1=O. The summed E-state index contributed by atoms with van der Waals surface area (Å²) in [4.78, 5) is 37.8. The van der Waals surface area contributed by atoms with E-state index in [-0.39, 0.29) is 11.5 Å². The maximum atomic E-state index is 12.6. The molecular formula is C17H18BrNO6S. The minimum absolute atomic E-state index is 0.173. The van der Waals surface area contributed by atoms with Crippen LogP contribution in [0.5, 0.6) is 11.5 Å². The van der Waals surface area contributed by atoms with Crippen LogP contribution in [-0.4, -0.2) is 48.9 Å². The molecule has 1 aliphatic heterocycles. The van der Waals surface area contributed by atoms with Crippen molar-refractivity contribution in [2.24, 2.45) is 0 Å². The predicted octanol–water partition coefficient (Wildman–Crippen LogP) is 3.45. The van der Waals surface area contributed by atoms with Gasteiger partial charge in [0, 0.05) is 11.6 Å². The van der Waals surface area contributed by atoms with Crippen molar-refractivity contribution in [1.29, 1.82) is 0 Å². The number of hydrogen-bond acceptors (Lipinski definition) is 7. The highest BCUT2D eigenvalue weighted by molar-refractivity contribution is 9.10. The second kappa shape index (κ2) is 8.59. The van der Waals surface area contributed by atoms with Crippen molar-refractivity contribution in [2.45, 2.75) is 19.9 Å². The van der Waals surface area contributed by atoms with Crippen molar-refractivity contribution in [3.8, 4) is 11.5 Å². The van der Waals surface area contributed by atoms with Gasteiger partial charge in [0.25, 0.3) is 11.1 Å². The van der Waals surface area contributed by atoms with E-state index in [0.29, 0.717) is 21.5 Å². The molecule has 1 aromatic carbocycles. The molecule has 1 fully saturated rings. The first-order valence-electron chi connectivity index (χ1n) is 7.69. The molecule has 1 atom stereocenters. The van der Waals surface area contributed by atoms with Crippen LogP contribution < -0.4 is 9.47 Å². The number of carbonyl (C=O) groups excluding carboxylic acids is 3. The van der Waals surface area contributed by atoms with Crippen molar-refractivity contribution < 1.29 is 28.6 Å². The first-order chi connectivity index (χ1) is 12.3. The van der Waals surface area contributed by atoms with Gasteiger partial charge in [-0.05, 0) is 53.7 Å². The predicted molar refractivity (Wildman–Crippen MR) is 101 cm³/mol. The Balaban J connectivity index is 2.36. The Labute approximate surface area is 163 Å².